The molecule has 5 nitrogen and oxygen atoms in total. The van der Waals surface area contributed by atoms with E-state index in [2.05, 4.69) is 5.32 Å². The summed E-state index contributed by atoms with van der Waals surface area (Å²) in [6.07, 6.45) is 1.31. The number of benzene rings is 1. The quantitative estimate of drug-likeness (QED) is 0.788. The van der Waals surface area contributed by atoms with Gasteiger partial charge in [-0.25, -0.2) is 9.18 Å². The highest BCUT2D eigenvalue weighted by atomic mass is 19.1. The molecule has 0 aliphatic carbocycles. The fourth-order valence-electron chi connectivity index (χ4n) is 2.81. The van der Waals surface area contributed by atoms with Gasteiger partial charge < -0.3 is 20.2 Å². The molecule has 2 atom stereocenters. The van der Waals surface area contributed by atoms with Crippen LogP contribution in [-0.4, -0.2) is 55.4 Å². The Morgan fingerprint density at radius 1 is 1.48 bits per heavy atom. The second kappa shape index (κ2) is 8.15. The summed E-state index contributed by atoms with van der Waals surface area (Å²) in [5, 5.41) is 12.5. The Morgan fingerprint density at radius 2 is 2.17 bits per heavy atom. The van der Waals surface area contributed by atoms with Crippen LogP contribution >= 0.6 is 0 Å². The Morgan fingerprint density at radius 3 is 2.78 bits per heavy atom. The zero-order valence-corrected chi connectivity index (χ0v) is 13.8. The number of likely N-dealkylation sites (tertiary alicyclic amines) is 1. The molecule has 2 rings (SSSR count). The predicted octanol–water partition coefficient (Wildman–Crippen LogP) is 2.06. The first-order valence-corrected chi connectivity index (χ1v) is 8.15. The molecule has 0 saturated carbocycles. The van der Waals surface area contributed by atoms with Gasteiger partial charge in [0.05, 0.1) is 6.10 Å². The molecule has 2 unspecified atom stereocenters. The van der Waals surface area contributed by atoms with E-state index in [1.807, 2.05) is 11.9 Å². The largest absolute Gasteiger partial charge is 0.393 e. The van der Waals surface area contributed by atoms with Gasteiger partial charge in [-0.15, -0.1) is 0 Å². The number of carbonyl (C=O) groups is 1. The molecule has 0 aromatic heterocycles. The third-order valence-corrected chi connectivity index (χ3v) is 4.41. The summed E-state index contributed by atoms with van der Waals surface area (Å²) in [6, 6.07) is 6.32. The van der Waals surface area contributed by atoms with E-state index < -0.39 is 0 Å². The smallest absolute Gasteiger partial charge is 0.317 e. The molecule has 0 spiro atoms. The molecular formula is C17H26FN3O2. The summed E-state index contributed by atoms with van der Waals surface area (Å²) in [6.45, 7) is 4.48. The average Bonchev–Trinajstić information content (AvgIpc) is 3.02. The monoisotopic (exact) mass is 323 g/mol. The number of carbonyl (C=O) groups excluding carboxylic acids is 1. The number of nitrogens with zero attached hydrogens (tertiary/aromatic N) is 2. The van der Waals surface area contributed by atoms with Crippen molar-refractivity contribution < 1.29 is 14.3 Å². The lowest BCUT2D eigenvalue weighted by atomic mass is 10.0. The lowest BCUT2D eigenvalue weighted by Gasteiger charge is -2.21. The second-order valence-corrected chi connectivity index (χ2v) is 6.22. The fraction of sp³-hybridized carbons (Fsp3) is 0.588. The van der Waals surface area contributed by atoms with Gasteiger partial charge in [0.2, 0.25) is 0 Å². The molecular weight excluding hydrogens is 297 g/mol. The van der Waals surface area contributed by atoms with Crippen LogP contribution in [0.15, 0.2) is 24.3 Å². The lowest BCUT2D eigenvalue weighted by molar-refractivity contribution is 0.129. The zero-order valence-electron chi connectivity index (χ0n) is 13.8. The SMILES string of the molecule is CC(O)C1CCN(C(=O)NCCCN(C)c2ccc(F)cc2)C1. The van der Waals surface area contributed by atoms with Gasteiger partial charge in [-0.3, -0.25) is 0 Å². The molecule has 1 saturated heterocycles. The van der Waals surface area contributed by atoms with Crippen LogP contribution in [-0.2, 0) is 0 Å². The molecule has 2 amide bonds. The summed E-state index contributed by atoms with van der Waals surface area (Å²) in [5.41, 5.74) is 0.956. The van der Waals surface area contributed by atoms with E-state index in [1.54, 1.807) is 24.0 Å². The maximum Gasteiger partial charge on any atom is 0.317 e. The van der Waals surface area contributed by atoms with Crippen molar-refractivity contribution in [2.24, 2.45) is 5.92 Å². The van der Waals surface area contributed by atoms with Gasteiger partial charge in [-0.1, -0.05) is 0 Å². The lowest BCUT2D eigenvalue weighted by Crippen LogP contribution is -2.40. The first kappa shape index (κ1) is 17.5. The van der Waals surface area contributed by atoms with Crippen LogP contribution in [0.25, 0.3) is 0 Å². The molecule has 1 aliphatic rings. The van der Waals surface area contributed by atoms with E-state index in [9.17, 15) is 14.3 Å². The fourth-order valence-corrected chi connectivity index (χ4v) is 2.81. The number of urea groups is 1. The third kappa shape index (κ3) is 5.10. The molecule has 23 heavy (non-hydrogen) atoms. The highest BCUT2D eigenvalue weighted by Gasteiger charge is 2.28. The van der Waals surface area contributed by atoms with Gasteiger partial charge in [0.1, 0.15) is 5.82 Å². The van der Waals surface area contributed by atoms with Crippen molar-refractivity contribution in [3.63, 3.8) is 0 Å². The van der Waals surface area contributed by atoms with E-state index in [0.717, 1.165) is 25.1 Å². The highest BCUT2D eigenvalue weighted by molar-refractivity contribution is 5.74. The minimum atomic E-state index is -0.364. The van der Waals surface area contributed by atoms with Crippen molar-refractivity contribution in [1.82, 2.24) is 10.2 Å². The molecule has 0 radical (unpaired) electrons. The summed E-state index contributed by atoms with van der Waals surface area (Å²) in [4.78, 5) is 15.8. The van der Waals surface area contributed by atoms with Gasteiger partial charge in [0.15, 0.2) is 0 Å². The standard InChI is InChI=1S/C17H26FN3O2/c1-13(22)14-8-11-21(12-14)17(23)19-9-3-10-20(2)16-6-4-15(18)5-7-16/h4-7,13-14,22H,3,8-12H2,1-2H3,(H,19,23). The topological polar surface area (TPSA) is 55.8 Å². The number of aliphatic hydroxyl groups is 1. The number of anilines is 1. The van der Waals surface area contributed by atoms with Crippen LogP contribution in [0.1, 0.15) is 19.8 Å². The summed E-state index contributed by atoms with van der Waals surface area (Å²) in [7, 11) is 1.95. The zero-order chi connectivity index (χ0) is 16.8. The minimum Gasteiger partial charge on any atom is -0.393 e. The van der Waals surface area contributed by atoms with Crippen LogP contribution in [0.4, 0.5) is 14.9 Å². The van der Waals surface area contributed by atoms with Crippen molar-refractivity contribution in [2.45, 2.75) is 25.9 Å². The van der Waals surface area contributed by atoms with E-state index in [-0.39, 0.29) is 23.9 Å². The Bertz CT molecular complexity index is 507. The van der Waals surface area contributed by atoms with Gasteiger partial charge in [-0.05, 0) is 44.0 Å². The van der Waals surface area contributed by atoms with Crippen LogP contribution in [0, 0.1) is 11.7 Å². The molecule has 1 aromatic carbocycles. The Hall–Kier alpha value is -1.82. The Kier molecular flexibility index (Phi) is 6.21. The number of nitrogens with one attached hydrogen (secondary N) is 1. The van der Waals surface area contributed by atoms with Gasteiger partial charge in [-0.2, -0.15) is 0 Å². The first-order valence-electron chi connectivity index (χ1n) is 8.15. The van der Waals surface area contributed by atoms with Crippen molar-refractivity contribution in [3.8, 4) is 0 Å². The molecule has 1 heterocycles. The van der Waals surface area contributed by atoms with E-state index in [1.165, 1.54) is 12.1 Å². The molecule has 1 aliphatic heterocycles. The van der Waals surface area contributed by atoms with Crippen LogP contribution in [0.2, 0.25) is 0 Å². The van der Waals surface area contributed by atoms with Crippen LogP contribution in [0.3, 0.4) is 0 Å². The maximum absolute atomic E-state index is 12.9. The predicted molar refractivity (Wildman–Crippen MR) is 89.0 cm³/mol. The molecule has 0 bridgehead atoms. The molecule has 128 valence electrons. The number of halogens is 1. The Labute approximate surface area is 137 Å². The maximum atomic E-state index is 12.9. The first-order chi connectivity index (χ1) is 11.0. The summed E-state index contributed by atoms with van der Waals surface area (Å²) < 4.78 is 12.9. The van der Waals surface area contributed by atoms with Gasteiger partial charge in [0, 0.05) is 44.8 Å². The average molecular weight is 323 g/mol. The van der Waals surface area contributed by atoms with Crippen molar-refractivity contribution in [3.05, 3.63) is 30.1 Å². The highest BCUT2D eigenvalue weighted by Crippen LogP contribution is 2.19. The number of amides is 2. The van der Waals surface area contributed by atoms with E-state index in [0.29, 0.717) is 19.6 Å². The summed E-state index contributed by atoms with van der Waals surface area (Å²) in [5.74, 6) is -0.0547. The van der Waals surface area contributed by atoms with Gasteiger partial charge in [0.25, 0.3) is 0 Å². The van der Waals surface area contributed by atoms with E-state index in [4.69, 9.17) is 0 Å². The number of hydrogen-bond donors (Lipinski definition) is 2. The van der Waals surface area contributed by atoms with Gasteiger partial charge >= 0.3 is 6.03 Å². The third-order valence-electron chi connectivity index (χ3n) is 4.41. The van der Waals surface area contributed by atoms with Crippen molar-refractivity contribution >= 4 is 11.7 Å². The minimum absolute atomic E-state index is 0.0578. The van der Waals surface area contributed by atoms with E-state index >= 15 is 0 Å². The number of hydrogen-bond acceptors (Lipinski definition) is 3. The molecule has 2 N–H and O–H groups in total. The molecule has 1 aromatic rings. The van der Waals surface area contributed by atoms with Crippen molar-refractivity contribution in [1.29, 1.82) is 0 Å². The van der Waals surface area contributed by atoms with Crippen LogP contribution in [0.5, 0.6) is 0 Å². The molecule has 1 fully saturated rings. The molecule has 6 heteroatoms. The summed E-state index contributed by atoms with van der Waals surface area (Å²) >= 11 is 0. The van der Waals surface area contributed by atoms with Crippen LogP contribution < -0.4 is 10.2 Å². The normalized spacial score (nSPS) is 18.8. The Balaban J connectivity index is 1.65. The number of rotatable bonds is 6. The number of aliphatic hydroxyl groups excluding tert-OH is 1. The van der Waals surface area contributed by atoms with Crippen molar-refractivity contribution in [2.75, 3.05) is 38.1 Å². The second-order valence-electron chi connectivity index (χ2n) is 6.22.